The van der Waals surface area contributed by atoms with Crippen molar-refractivity contribution in [2.75, 3.05) is 0 Å². The molecule has 0 aliphatic heterocycles. The van der Waals surface area contributed by atoms with Crippen LogP contribution >= 0.6 is 0 Å². The Morgan fingerprint density at radius 3 is 2.27 bits per heavy atom. The van der Waals surface area contributed by atoms with Crippen molar-refractivity contribution >= 4 is 15.9 Å². The molecule has 156 valence electrons. The number of alkyl halides is 3. The molecule has 2 aromatic heterocycles. The van der Waals surface area contributed by atoms with Gasteiger partial charge in [0.05, 0.1) is 22.0 Å². The Bertz CT molecular complexity index is 1160. The number of aromatic nitrogens is 3. The minimum atomic E-state index is -4.64. The molecule has 0 saturated carbocycles. The van der Waals surface area contributed by atoms with E-state index in [2.05, 4.69) is 5.10 Å². The Kier molecular flexibility index (Phi) is 7.20. The van der Waals surface area contributed by atoms with Gasteiger partial charge in [-0.1, -0.05) is 0 Å². The van der Waals surface area contributed by atoms with Crippen molar-refractivity contribution in [3.63, 3.8) is 0 Å². The summed E-state index contributed by atoms with van der Waals surface area (Å²) in [5, 5.41) is 3.66. The van der Waals surface area contributed by atoms with Gasteiger partial charge in [0, 0.05) is 20.2 Å². The Labute approximate surface area is 193 Å². The molecule has 13 heteroatoms. The molecule has 0 unspecified atom stereocenters. The third-order valence-electron chi connectivity index (χ3n) is 3.96. The Morgan fingerprint density at radius 2 is 1.77 bits per heavy atom. The number of hydrazine groups is 1. The predicted molar refractivity (Wildman–Crippen MR) is 98.2 cm³/mol. The second-order valence-corrected chi connectivity index (χ2v) is 7.79. The van der Waals surface area contributed by atoms with Crippen LogP contribution in [0, 0.1) is 0 Å². The molecule has 3 aromatic rings. The van der Waals surface area contributed by atoms with Crippen LogP contribution in [0.5, 0.6) is 0 Å². The van der Waals surface area contributed by atoms with Gasteiger partial charge in [-0.05, 0) is 42.5 Å². The first-order valence-corrected chi connectivity index (χ1v) is 9.65. The van der Waals surface area contributed by atoms with Crippen LogP contribution in [0.25, 0.3) is 17.1 Å². The van der Waals surface area contributed by atoms with Crippen LogP contribution < -0.4 is 39.8 Å². The number of aryl methyl sites for hydroxylation is 1. The van der Waals surface area contributed by atoms with Crippen molar-refractivity contribution in [3.8, 4) is 17.1 Å². The fraction of sp³-hybridized carbons (Fsp3) is 0.176. The van der Waals surface area contributed by atoms with Crippen LogP contribution in [-0.2, 0) is 28.0 Å². The van der Waals surface area contributed by atoms with Crippen LogP contribution in [0.1, 0.15) is 14.0 Å². The summed E-state index contributed by atoms with van der Waals surface area (Å²) in [6, 6.07) is 9.29. The average Bonchev–Trinajstić information content (AvgIpc) is 3.26. The monoisotopic (exact) mass is 451 g/mol. The van der Waals surface area contributed by atoms with E-state index >= 15 is 0 Å². The molecule has 0 saturated heterocycles. The minimum absolute atomic E-state index is 0. The number of carbonyl (C=O) groups is 1. The van der Waals surface area contributed by atoms with E-state index in [9.17, 15) is 26.4 Å². The molecule has 0 aliphatic rings. The SMILES string of the molecule is CC(=O)NNS(=O)(=O)c1ccc(-n2nc(C(F)(F)F)cc2-c2cccn2C)cc1.[H-].[Na+]. The molecule has 8 nitrogen and oxygen atoms in total. The normalized spacial score (nSPS) is 11.8. The first kappa shape index (κ1) is 24.2. The van der Waals surface area contributed by atoms with Crippen LogP contribution in [0.2, 0.25) is 0 Å². The summed E-state index contributed by atoms with van der Waals surface area (Å²) in [6.45, 7) is 1.13. The van der Waals surface area contributed by atoms with Crippen molar-refractivity contribution in [3.05, 3.63) is 54.4 Å². The molecule has 0 fully saturated rings. The van der Waals surface area contributed by atoms with Gasteiger partial charge in [-0.2, -0.15) is 18.3 Å². The molecule has 3 rings (SSSR count). The number of carbonyl (C=O) groups excluding carboxylic acids is 1. The Hall–Kier alpha value is -2.12. The number of nitrogens with zero attached hydrogens (tertiary/aromatic N) is 3. The van der Waals surface area contributed by atoms with Crippen molar-refractivity contribution in [2.45, 2.75) is 18.0 Å². The maximum atomic E-state index is 13.2. The van der Waals surface area contributed by atoms with Gasteiger partial charge in [0.15, 0.2) is 5.69 Å². The second-order valence-electron chi connectivity index (χ2n) is 6.11. The van der Waals surface area contributed by atoms with E-state index in [-0.39, 0.29) is 47.3 Å². The summed E-state index contributed by atoms with van der Waals surface area (Å²) >= 11 is 0. The Balaban J connectivity index is 0.00000240. The van der Waals surface area contributed by atoms with Gasteiger partial charge in [0.2, 0.25) is 5.91 Å². The fourth-order valence-corrected chi connectivity index (χ4v) is 3.48. The fourth-order valence-electron chi connectivity index (χ4n) is 2.59. The third-order valence-corrected chi connectivity index (χ3v) is 5.22. The van der Waals surface area contributed by atoms with E-state index < -0.39 is 27.8 Å². The zero-order valence-corrected chi connectivity index (χ0v) is 19.0. The molecule has 0 aliphatic carbocycles. The molecule has 1 aromatic carbocycles. The number of halogens is 3. The molecule has 0 atom stereocenters. The van der Waals surface area contributed by atoms with E-state index in [1.807, 2.05) is 10.3 Å². The summed E-state index contributed by atoms with van der Waals surface area (Å²) in [5.74, 6) is -0.603. The molecule has 0 radical (unpaired) electrons. The van der Waals surface area contributed by atoms with Gasteiger partial charge in [-0.15, -0.1) is 4.83 Å². The zero-order chi connectivity index (χ0) is 21.4. The van der Waals surface area contributed by atoms with E-state index in [4.69, 9.17) is 0 Å². The number of nitrogens with one attached hydrogen (secondary N) is 2. The molecule has 0 spiro atoms. The number of hydrogen-bond donors (Lipinski definition) is 2. The van der Waals surface area contributed by atoms with E-state index in [0.717, 1.165) is 17.7 Å². The molecule has 2 N–H and O–H groups in total. The molecule has 0 bridgehead atoms. The van der Waals surface area contributed by atoms with Gasteiger partial charge in [-0.3, -0.25) is 10.2 Å². The first-order chi connectivity index (χ1) is 13.5. The zero-order valence-electron chi connectivity index (χ0n) is 17.2. The minimum Gasteiger partial charge on any atom is -1.00 e. The van der Waals surface area contributed by atoms with Crippen molar-refractivity contribution in [1.82, 2.24) is 24.6 Å². The molecule has 30 heavy (non-hydrogen) atoms. The van der Waals surface area contributed by atoms with Gasteiger partial charge in [0.25, 0.3) is 10.0 Å². The van der Waals surface area contributed by atoms with Gasteiger partial charge in [0.1, 0.15) is 0 Å². The van der Waals surface area contributed by atoms with E-state index in [1.54, 1.807) is 29.9 Å². The van der Waals surface area contributed by atoms with Gasteiger partial charge < -0.3 is 5.99 Å². The van der Waals surface area contributed by atoms with Crippen LogP contribution in [0.3, 0.4) is 0 Å². The van der Waals surface area contributed by atoms with Gasteiger partial charge in [-0.25, -0.2) is 13.1 Å². The maximum absolute atomic E-state index is 13.2. The van der Waals surface area contributed by atoms with Crippen LogP contribution in [-0.4, -0.2) is 28.7 Å². The molecule has 2 heterocycles. The second kappa shape index (κ2) is 8.94. The van der Waals surface area contributed by atoms with Crippen molar-refractivity contribution in [2.24, 2.45) is 7.05 Å². The summed E-state index contributed by atoms with van der Waals surface area (Å²) in [5.41, 5.74) is 1.81. The number of hydrogen-bond acceptors (Lipinski definition) is 4. The first-order valence-electron chi connectivity index (χ1n) is 8.17. The van der Waals surface area contributed by atoms with Crippen LogP contribution in [0.4, 0.5) is 13.2 Å². The average molecular weight is 451 g/mol. The molecular formula is C17H17F3N5NaO3S. The largest absolute Gasteiger partial charge is 1.00 e. The summed E-state index contributed by atoms with van der Waals surface area (Å²) < 4.78 is 66.6. The number of amides is 1. The quantitative estimate of drug-likeness (QED) is 0.398. The van der Waals surface area contributed by atoms with Crippen LogP contribution in [0.15, 0.2) is 53.6 Å². The number of rotatable bonds is 5. The van der Waals surface area contributed by atoms with Crippen molar-refractivity contribution in [1.29, 1.82) is 0 Å². The number of benzene rings is 1. The maximum Gasteiger partial charge on any atom is 1.00 e. The molecular weight excluding hydrogens is 434 g/mol. The van der Waals surface area contributed by atoms with E-state index in [1.165, 1.54) is 24.3 Å². The van der Waals surface area contributed by atoms with E-state index in [0.29, 0.717) is 5.69 Å². The topological polar surface area (TPSA) is 98.0 Å². The summed E-state index contributed by atoms with van der Waals surface area (Å²) in [6.07, 6.45) is -2.96. The Morgan fingerprint density at radius 1 is 1.13 bits per heavy atom. The standard InChI is InChI=1S/C17H16F3N5O3S.Na.H/c1-11(26)21-23-29(27,28)13-7-5-12(6-8-13)25-15(14-4-3-9-24(14)2)10-16(22-25)17(18,19)20;;/h3-10,23H,1-2H3,(H,21,26);;/q;+1;-1. The predicted octanol–water partition coefficient (Wildman–Crippen LogP) is -0.657. The summed E-state index contributed by atoms with van der Waals surface area (Å²) in [7, 11) is -2.34. The smallest absolute Gasteiger partial charge is 1.00 e. The third kappa shape index (κ3) is 5.13. The number of sulfonamides is 1. The molecule has 1 amide bonds. The van der Waals surface area contributed by atoms with Gasteiger partial charge >= 0.3 is 35.7 Å². The summed E-state index contributed by atoms with van der Waals surface area (Å²) in [4.78, 5) is 12.6. The van der Waals surface area contributed by atoms with Crippen molar-refractivity contribution < 1.29 is 57.4 Å².